The zero-order chi connectivity index (χ0) is 14.0. The van der Waals surface area contributed by atoms with E-state index in [4.69, 9.17) is 28.5 Å². The number of halogens is 1. The number of nitrogens with two attached hydrogens (primary N) is 1. The summed E-state index contributed by atoms with van der Waals surface area (Å²) in [5.41, 5.74) is 4.01. The van der Waals surface area contributed by atoms with E-state index in [1.807, 2.05) is 0 Å². The van der Waals surface area contributed by atoms with Gasteiger partial charge in [0.2, 0.25) is 0 Å². The van der Waals surface area contributed by atoms with E-state index >= 15 is 0 Å². The van der Waals surface area contributed by atoms with Crippen LogP contribution in [-0.2, 0) is 14.3 Å². The minimum absolute atomic E-state index is 0.00344. The Morgan fingerprint density at radius 1 is 1.39 bits per heavy atom. The molecule has 0 aromatic rings. The molecular weight excluding hydrogens is 258 g/mol. The molecule has 0 heterocycles. The number of carbonyl (C=O) groups is 2. The predicted molar refractivity (Wildman–Crippen MR) is 68.0 cm³/mol. The number of terminal acetylenes is 1. The van der Waals surface area contributed by atoms with E-state index in [9.17, 15) is 9.59 Å². The fourth-order valence-electron chi connectivity index (χ4n) is 1.05. The van der Waals surface area contributed by atoms with Crippen LogP contribution in [0.4, 0.5) is 4.79 Å². The van der Waals surface area contributed by atoms with Crippen molar-refractivity contribution in [3.05, 3.63) is 0 Å². The lowest BCUT2D eigenvalue weighted by Crippen LogP contribution is -2.37. The van der Waals surface area contributed by atoms with Crippen molar-refractivity contribution in [3.63, 3.8) is 0 Å². The SMILES string of the molecule is C#CCCCC(=O)OCC(C)(CN)COC(=O)Cl. The first kappa shape index (κ1) is 16.8. The van der Waals surface area contributed by atoms with Crippen molar-refractivity contribution >= 4 is 23.0 Å². The Morgan fingerprint density at radius 3 is 2.50 bits per heavy atom. The molecule has 1 unspecified atom stereocenters. The van der Waals surface area contributed by atoms with Crippen LogP contribution >= 0.6 is 11.6 Å². The minimum Gasteiger partial charge on any atom is -0.465 e. The topological polar surface area (TPSA) is 78.6 Å². The largest absolute Gasteiger partial charge is 0.465 e. The van der Waals surface area contributed by atoms with Crippen molar-refractivity contribution in [2.45, 2.75) is 26.2 Å². The molecule has 0 fully saturated rings. The molecule has 102 valence electrons. The number of unbranched alkanes of at least 4 members (excludes halogenated alkanes) is 1. The normalized spacial score (nSPS) is 13.2. The van der Waals surface area contributed by atoms with Crippen LogP contribution in [0.25, 0.3) is 0 Å². The van der Waals surface area contributed by atoms with Crippen molar-refractivity contribution < 1.29 is 19.1 Å². The van der Waals surface area contributed by atoms with E-state index in [0.29, 0.717) is 12.8 Å². The lowest BCUT2D eigenvalue weighted by molar-refractivity contribution is -0.147. The van der Waals surface area contributed by atoms with Crippen LogP contribution < -0.4 is 5.73 Å². The number of carbonyl (C=O) groups excluding carboxylic acids is 2. The van der Waals surface area contributed by atoms with E-state index in [1.165, 1.54) is 0 Å². The van der Waals surface area contributed by atoms with E-state index < -0.39 is 10.8 Å². The summed E-state index contributed by atoms with van der Waals surface area (Å²) >= 11 is 5.06. The number of ether oxygens (including phenoxy) is 2. The van der Waals surface area contributed by atoms with Gasteiger partial charge in [0.25, 0.3) is 0 Å². The molecule has 0 aromatic carbocycles. The Morgan fingerprint density at radius 2 is 2.00 bits per heavy atom. The predicted octanol–water partition coefficient (Wildman–Crippen LogP) is 1.67. The quantitative estimate of drug-likeness (QED) is 0.315. The van der Waals surface area contributed by atoms with Gasteiger partial charge in [-0.2, -0.15) is 0 Å². The molecule has 0 amide bonds. The van der Waals surface area contributed by atoms with Crippen molar-refractivity contribution in [3.8, 4) is 12.3 Å². The lowest BCUT2D eigenvalue weighted by atomic mass is 9.93. The van der Waals surface area contributed by atoms with Crippen LogP contribution in [0.5, 0.6) is 0 Å². The molecule has 0 aliphatic rings. The number of hydrogen-bond acceptors (Lipinski definition) is 5. The van der Waals surface area contributed by atoms with Crippen molar-refractivity contribution in [2.75, 3.05) is 19.8 Å². The summed E-state index contributed by atoms with van der Waals surface area (Å²) in [5, 5.41) is 0. The summed E-state index contributed by atoms with van der Waals surface area (Å²) in [6, 6.07) is 0. The minimum atomic E-state index is -0.907. The highest BCUT2D eigenvalue weighted by molar-refractivity contribution is 6.61. The Bertz CT molecular complexity index is 327. The lowest BCUT2D eigenvalue weighted by Gasteiger charge is -2.26. The highest BCUT2D eigenvalue weighted by Gasteiger charge is 2.26. The van der Waals surface area contributed by atoms with E-state index in [0.717, 1.165) is 0 Å². The summed E-state index contributed by atoms with van der Waals surface area (Å²) in [7, 11) is 0. The summed E-state index contributed by atoms with van der Waals surface area (Å²) in [6.45, 7) is 2.02. The van der Waals surface area contributed by atoms with Crippen LogP contribution in [0, 0.1) is 17.8 Å². The summed E-state index contributed by atoms with van der Waals surface area (Å²) < 4.78 is 9.71. The molecule has 2 N–H and O–H groups in total. The maximum atomic E-state index is 11.4. The molecule has 0 spiro atoms. The van der Waals surface area contributed by atoms with Gasteiger partial charge in [-0.05, 0) is 6.42 Å². The molecule has 6 heteroatoms. The molecule has 1 atom stereocenters. The monoisotopic (exact) mass is 275 g/mol. The number of esters is 1. The third kappa shape index (κ3) is 7.93. The smallest absolute Gasteiger partial charge is 0.403 e. The molecular formula is C12H18ClNO4. The zero-order valence-electron chi connectivity index (χ0n) is 10.4. The van der Waals surface area contributed by atoms with Crippen molar-refractivity contribution in [1.29, 1.82) is 0 Å². The summed E-state index contributed by atoms with van der Waals surface area (Å²) in [6.07, 6.45) is 6.46. The van der Waals surface area contributed by atoms with Gasteiger partial charge in [0.1, 0.15) is 13.2 Å². The first-order valence-electron chi connectivity index (χ1n) is 5.55. The Balaban J connectivity index is 4.01. The molecule has 0 aliphatic carbocycles. The number of rotatable bonds is 8. The number of hydrogen-bond donors (Lipinski definition) is 1. The Labute approximate surface area is 112 Å². The molecule has 0 bridgehead atoms. The van der Waals surface area contributed by atoms with Crippen LogP contribution in [0.3, 0.4) is 0 Å². The van der Waals surface area contributed by atoms with E-state index in [1.54, 1.807) is 6.92 Å². The maximum absolute atomic E-state index is 11.4. The average molecular weight is 276 g/mol. The first-order chi connectivity index (χ1) is 8.43. The van der Waals surface area contributed by atoms with Crippen molar-refractivity contribution in [2.24, 2.45) is 11.1 Å². The highest BCUT2D eigenvalue weighted by atomic mass is 35.5. The molecule has 0 aliphatic heterocycles. The first-order valence-corrected chi connectivity index (χ1v) is 5.93. The van der Waals surface area contributed by atoms with Crippen LogP contribution in [-0.4, -0.2) is 31.2 Å². The van der Waals surface area contributed by atoms with Crippen LogP contribution in [0.1, 0.15) is 26.2 Å². The van der Waals surface area contributed by atoms with Gasteiger partial charge in [0.15, 0.2) is 0 Å². The fourth-order valence-corrected chi connectivity index (χ4v) is 1.11. The maximum Gasteiger partial charge on any atom is 0.403 e. The summed E-state index contributed by atoms with van der Waals surface area (Å²) in [4.78, 5) is 21.8. The van der Waals surface area contributed by atoms with Crippen LogP contribution in [0.15, 0.2) is 0 Å². The standard InChI is InChI=1S/C12H18ClNO4/c1-3-4-5-6-10(15)17-8-12(2,7-14)9-18-11(13)16/h1H,4-9,14H2,2H3. The highest BCUT2D eigenvalue weighted by Crippen LogP contribution is 2.16. The molecule has 0 aromatic heterocycles. The molecule has 0 saturated carbocycles. The van der Waals surface area contributed by atoms with E-state index in [2.05, 4.69) is 10.7 Å². The van der Waals surface area contributed by atoms with Crippen LogP contribution in [0.2, 0.25) is 0 Å². The molecule has 0 radical (unpaired) electrons. The molecule has 0 rings (SSSR count). The van der Waals surface area contributed by atoms with Gasteiger partial charge < -0.3 is 15.2 Å². The Hall–Kier alpha value is -1.25. The van der Waals surface area contributed by atoms with Gasteiger partial charge >= 0.3 is 11.4 Å². The molecule has 18 heavy (non-hydrogen) atoms. The fraction of sp³-hybridized carbons (Fsp3) is 0.667. The van der Waals surface area contributed by atoms with Gasteiger partial charge in [0, 0.05) is 36.4 Å². The Kier molecular flexibility index (Phi) is 8.17. The van der Waals surface area contributed by atoms with Gasteiger partial charge in [-0.3, -0.25) is 4.79 Å². The average Bonchev–Trinajstić information content (AvgIpc) is 2.34. The molecule has 0 saturated heterocycles. The molecule has 5 nitrogen and oxygen atoms in total. The third-order valence-electron chi connectivity index (χ3n) is 2.31. The second kappa shape index (κ2) is 8.78. The van der Waals surface area contributed by atoms with Gasteiger partial charge in [-0.15, -0.1) is 12.3 Å². The second-order valence-electron chi connectivity index (χ2n) is 4.26. The van der Waals surface area contributed by atoms with E-state index in [-0.39, 0.29) is 32.1 Å². The zero-order valence-corrected chi connectivity index (χ0v) is 11.2. The van der Waals surface area contributed by atoms with Crippen molar-refractivity contribution in [1.82, 2.24) is 0 Å². The van der Waals surface area contributed by atoms with Gasteiger partial charge in [0.05, 0.1) is 0 Å². The summed E-state index contributed by atoms with van der Waals surface area (Å²) in [5.74, 6) is 2.09. The van der Waals surface area contributed by atoms with Gasteiger partial charge in [-0.25, -0.2) is 4.79 Å². The van der Waals surface area contributed by atoms with Gasteiger partial charge in [-0.1, -0.05) is 6.92 Å². The second-order valence-corrected chi connectivity index (χ2v) is 4.57. The third-order valence-corrected chi connectivity index (χ3v) is 2.42.